The molecule has 0 heterocycles. The first-order valence-electron chi connectivity index (χ1n) is 8.48. The van der Waals surface area contributed by atoms with E-state index in [-0.39, 0.29) is 17.6 Å². The second-order valence-corrected chi connectivity index (χ2v) is 6.04. The lowest BCUT2D eigenvalue weighted by Crippen LogP contribution is -2.18. The van der Waals surface area contributed by atoms with Crippen LogP contribution >= 0.6 is 0 Å². The Morgan fingerprint density at radius 2 is 1.78 bits per heavy atom. The van der Waals surface area contributed by atoms with Crippen LogP contribution in [-0.4, -0.2) is 32.3 Å². The number of nitrogens with one attached hydrogen (secondary N) is 1. The van der Waals surface area contributed by atoms with E-state index >= 15 is 0 Å². The van der Waals surface area contributed by atoms with Crippen LogP contribution in [0, 0.1) is 5.92 Å². The number of ether oxygens (including phenoxy) is 3. The zero-order valence-corrected chi connectivity index (χ0v) is 15.1. The van der Waals surface area contributed by atoms with Gasteiger partial charge in [0.15, 0.2) is 11.5 Å². The third-order valence-electron chi connectivity index (χ3n) is 4.05. The standard InChI is InChI=1S/C20H20N2O5/c1-25-16-8-6-15(7-9-16)20(24)27-17-10-3-13(11-18(17)26-2)12-21-22-19(23)14-4-5-14/h3,6-12,14H,4-5H2,1-2H3,(H,22,23)/b21-12-. The summed E-state index contributed by atoms with van der Waals surface area (Å²) < 4.78 is 15.8. The molecule has 1 fully saturated rings. The van der Waals surface area contributed by atoms with Gasteiger partial charge < -0.3 is 14.2 Å². The largest absolute Gasteiger partial charge is 0.497 e. The molecule has 0 radical (unpaired) electrons. The van der Waals surface area contributed by atoms with E-state index in [1.807, 2.05) is 0 Å². The quantitative estimate of drug-likeness (QED) is 0.351. The zero-order valence-electron chi connectivity index (χ0n) is 15.1. The Kier molecular flexibility index (Phi) is 5.71. The third kappa shape index (κ3) is 4.84. The van der Waals surface area contributed by atoms with E-state index in [1.54, 1.807) is 49.6 Å². The summed E-state index contributed by atoms with van der Waals surface area (Å²) in [5, 5.41) is 3.93. The Balaban J connectivity index is 1.66. The van der Waals surface area contributed by atoms with Crippen molar-refractivity contribution in [3.63, 3.8) is 0 Å². The minimum Gasteiger partial charge on any atom is -0.497 e. The summed E-state index contributed by atoms with van der Waals surface area (Å²) in [7, 11) is 3.04. The number of hydrogen-bond donors (Lipinski definition) is 1. The number of carbonyl (C=O) groups excluding carboxylic acids is 2. The molecule has 7 heteroatoms. The number of carbonyl (C=O) groups is 2. The minimum absolute atomic E-state index is 0.0664. The molecule has 7 nitrogen and oxygen atoms in total. The van der Waals surface area contributed by atoms with Gasteiger partial charge >= 0.3 is 5.97 Å². The predicted octanol–water partition coefficient (Wildman–Crippen LogP) is 2.78. The summed E-state index contributed by atoms with van der Waals surface area (Å²) >= 11 is 0. The molecule has 140 valence electrons. The van der Waals surface area contributed by atoms with Gasteiger partial charge in [-0.2, -0.15) is 5.10 Å². The van der Waals surface area contributed by atoms with Crippen molar-refractivity contribution in [1.29, 1.82) is 0 Å². The van der Waals surface area contributed by atoms with Crippen molar-refractivity contribution in [2.45, 2.75) is 12.8 Å². The molecule has 1 aliphatic rings. The van der Waals surface area contributed by atoms with Crippen molar-refractivity contribution in [1.82, 2.24) is 5.43 Å². The summed E-state index contributed by atoms with van der Waals surface area (Å²) in [5.74, 6) is 0.849. The van der Waals surface area contributed by atoms with E-state index in [2.05, 4.69) is 10.5 Å². The lowest BCUT2D eigenvalue weighted by atomic mass is 10.2. The van der Waals surface area contributed by atoms with E-state index in [9.17, 15) is 9.59 Å². The Bertz CT molecular complexity index is 857. The topological polar surface area (TPSA) is 86.2 Å². The van der Waals surface area contributed by atoms with Crippen molar-refractivity contribution < 1.29 is 23.8 Å². The molecule has 0 saturated heterocycles. The van der Waals surface area contributed by atoms with Crippen LogP contribution in [0.5, 0.6) is 17.2 Å². The maximum absolute atomic E-state index is 12.3. The summed E-state index contributed by atoms with van der Waals surface area (Å²) in [5.41, 5.74) is 3.60. The Morgan fingerprint density at radius 1 is 1.04 bits per heavy atom. The number of rotatable bonds is 7. The summed E-state index contributed by atoms with van der Waals surface area (Å²) in [6, 6.07) is 11.6. The molecule has 0 unspecified atom stereocenters. The highest BCUT2D eigenvalue weighted by atomic mass is 16.6. The number of hydrogen-bond acceptors (Lipinski definition) is 6. The van der Waals surface area contributed by atoms with Crippen LogP contribution in [0.1, 0.15) is 28.8 Å². The van der Waals surface area contributed by atoms with Gasteiger partial charge in [-0.25, -0.2) is 10.2 Å². The summed E-state index contributed by atoms with van der Waals surface area (Å²) in [6.07, 6.45) is 3.35. The van der Waals surface area contributed by atoms with Crippen LogP contribution in [0.4, 0.5) is 0 Å². The molecule has 1 aliphatic carbocycles. The average molecular weight is 368 g/mol. The predicted molar refractivity (Wildman–Crippen MR) is 99.4 cm³/mol. The van der Waals surface area contributed by atoms with Crippen LogP contribution in [0.3, 0.4) is 0 Å². The van der Waals surface area contributed by atoms with Crippen LogP contribution in [0.2, 0.25) is 0 Å². The molecule has 27 heavy (non-hydrogen) atoms. The second kappa shape index (κ2) is 8.35. The average Bonchev–Trinajstić information content (AvgIpc) is 3.54. The van der Waals surface area contributed by atoms with Gasteiger partial charge in [0, 0.05) is 5.92 Å². The number of hydrazone groups is 1. The Morgan fingerprint density at radius 3 is 2.41 bits per heavy atom. The van der Waals surface area contributed by atoms with Crippen LogP contribution < -0.4 is 19.6 Å². The van der Waals surface area contributed by atoms with Crippen LogP contribution in [0.25, 0.3) is 0 Å². The van der Waals surface area contributed by atoms with E-state index in [0.29, 0.717) is 22.6 Å². The molecule has 0 bridgehead atoms. The van der Waals surface area contributed by atoms with Gasteiger partial charge in [-0.05, 0) is 60.9 Å². The number of methoxy groups -OCH3 is 2. The lowest BCUT2D eigenvalue weighted by molar-refractivity contribution is -0.122. The van der Waals surface area contributed by atoms with Gasteiger partial charge in [0.05, 0.1) is 26.0 Å². The molecule has 3 rings (SSSR count). The van der Waals surface area contributed by atoms with E-state index in [1.165, 1.54) is 13.3 Å². The molecular weight excluding hydrogens is 348 g/mol. The summed E-state index contributed by atoms with van der Waals surface area (Å²) in [4.78, 5) is 23.8. The zero-order chi connectivity index (χ0) is 19.2. The Labute approximate surface area is 156 Å². The van der Waals surface area contributed by atoms with Gasteiger partial charge in [0.25, 0.3) is 0 Å². The maximum atomic E-state index is 12.3. The fourth-order valence-corrected chi connectivity index (χ4v) is 2.34. The molecule has 2 aromatic rings. The van der Waals surface area contributed by atoms with Gasteiger partial charge in [-0.1, -0.05) is 0 Å². The molecule has 2 aromatic carbocycles. The van der Waals surface area contributed by atoms with E-state index in [4.69, 9.17) is 14.2 Å². The highest BCUT2D eigenvalue weighted by Gasteiger charge is 2.29. The molecule has 0 aromatic heterocycles. The highest BCUT2D eigenvalue weighted by Crippen LogP contribution is 2.29. The van der Waals surface area contributed by atoms with Crippen molar-refractivity contribution in [3.05, 3.63) is 53.6 Å². The van der Waals surface area contributed by atoms with Crippen molar-refractivity contribution in [2.24, 2.45) is 11.0 Å². The third-order valence-corrected chi connectivity index (χ3v) is 4.05. The number of nitrogens with zero attached hydrogens (tertiary/aromatic N) is 1. The molecule has 1 saturated carbocycles. The first-order valence-corrected chi connectivity index (χ1v) is 8.48. The van der Waals surface area contributed by atoms with Crippen LogP contribution in [0.15, 0.2) is 47.6 Å². The number of amides is 1. The second-order valence-electron chi connectivity index (χ2n) is 6.04. The molecule has 1 N–H and O–H groups in total. The van der Waals surface area contributed by atoms with Gasteiger partial charge in [-0.3, -0.25) is 4.79 Å². The van der Waals surface area contributed by atoms with E-state index < -0.39 is 5.97 Å². The van der Waals surface area contributed by atoms with Gasteiger partial charge in [0.2, 0.25) is 5.91 Å². The first kappa shape index (κ1) is 18.4. The maximum Gasteiger partial charge on any atom is 0.343 e. The normalized spacial score (nSPS) is 13.3. The fourth-order valence-electron chi connectivity index (χ4n) is 2.34. The molecule has 0 aliphatic heterocycles. The highest BCUT2D eigenvalue weighted by molar-refractivity contribution is 5.92. The van der Waals surface area contributed by atoms with E-state index in [0.717, 1.165) is 12.8 Å². The molecule has 0 spiro atoms. The van der Waals surface area contributed by atoms with Crippen molar-refractivity contribution in [2.75, 3.05) is 14.2 Å². The lowest BCUT2D eigenvalue weighted by Gasteiger charge is -2.10. The number of benzene rings is 2. The van der Waals surface area contributed by atoms with Crippen LogP contribution in [-0.2, 0) is 4.79 Å². The summed E-state index contributed by atoms with van der Waals surface area (Å²) in [6.45, 7) is 0. The molecular formula is C20H20N2O5. The molecule has 1 amide bonds. The SMILES string of the molecule is COc1ccc(C(=O)Oc2ccc(/C=N\NC(=O)C3CC3)cc2OC)cc1. The number of esters is 1. The minimum atomic E-state index is -0.505. The van der Waals surface area contributed by atoms with Gasteiger partial charge in [-0.15, -0.1) is 0 Å². The smallest absolute Gasteiger partial charge is 0.343 e. The fraction of sp³-hybridized carbons (Fsp3) is 0.250. The molecule has 0 atom stereocenters. The van der Waals surface area contributed by atoms with Crippen molar-refractivity contribution in [3.8, 4) is 17.2 Å². The monoisotopic (exact) mass is 368 g/mol. The van der Waals surface area contributed by atoms with Gasteiger partial charge in [0.1, 0.15) is 5.75 Å². The first-order chi connectivity index (χ1) is 13.1. The van der Waals surface area contributed by atoms with Crippen molar-refractivity contribution >= 4 is 18.1 Å². The Hall–Kier alpha value is -3.35.